The van der Waals surface area contributed by atoms with Gasteiger partial charge in [-0.05, 0) is 41.7 Å². The van der Waals surface area contributed by atoms with Crippen molar-refractivity contribution >= 4 is 46.3 Å². The van der Waals surface area contributed by atoms with E-state index in [0.717, 1.165) is 11.1 Å². The predicted octanol–water partition coefficient (Wildman–Crippen LogP) is 4.73. The van der Waals surface area contributed by atoms with Crippen molar-refractivity contribution in [1.29, 1.82) is 0 Å². The van der Waals surface area contributed by atoms with Gasteiger partial charge in [0.2, 0.25) is 0 Å². The molecule has 1 N–H and O–H groups in total. The molecule has 6 heteroatoms. The molecule has 1 fully saturated rings. The molecule has 0 atom stereocenters. The number of thiocarbonyl (C=S) groups is 1. The van der Waals surface area contributed by atoms with E-state index in [9.17, 15) is 9.59 Å². The second-order valence-corrected chi connectivity index (χ2v) is 7.94. The average molecular weight is 398 g/mol. The Bertz CT molecular complexity index is 919. The number of nitrogens with zero attached hydrogens (tertiary/aromatic N) is 1. The number of thioether (sulfide) groups is 1. The summed E-state index contributed by atoms with van der Waals surface area (Å²) in [4.78, 5) is 25.2. The van der Waals surface area contributed by atoms with Gasteiger partial charge in [-0.15, -0.1) is 0 Å². The molecule has 2 aromatic rings. The van der Waals surface area contributed by atoms with Gasteiger partial charge in [-0.3, -0.25) is 14.5 Å². The Hall–Kier alpha value is -2.44. The number of carboxylic acids is 1. The van der Waals surface area contributed by atoms with Crippen LogP contribution in [0.2, 0.25) is 0 Å². The van der Waals surface area contributed by atoms with E-state index in [1.807, 2.05) is 42.5 Å². The lowest BCUT2D eigenvalue weighted by atomic mass is 9.99. The minimum absolute atomic E-state index is 0.0243. The van der Waals surface area contributed by atoms with Crippen LogP contribution in [0.4, 0.5) is 0 Å². The van der Waals surface area contributed by atoms with Gasteiger partial charge in [0.05, 0.1) is 4.91 Å². The first kappa shape index (κ1) is 19.3. The highest BCUT2D eigenvalue weighted by atomic mass is 32.2. The first-order chi connectivity index (χ1) is 13.0. The predicted molar refractivity (Wildman–Crippen MR) is 113 cm³/mol. The third-order valence-electron chi connectivity index (χ3n) is 4.31. The molecule has 0 radical (unpaired) electrons. The van der Waals surface area contributed by atoms with E-state index < -0.39 is 5.97 Å². The SMILES string of the molecule is Cc1ccccc1-c1ccc(C=C2SC(=S)N(CCCC(=O)O)C2=O)cc1. The fraction of sp³-hybridized carbons (Fsp3) is 0.190. The summed E-state index contributed by atoms with van der Waals surface area (Å²) in [5, 5.41) is 8.73. The number of carboxylic acid groups (broad SMARTS) is 1. The molecule has 0 unspecified atom stereocenters. The van der Waals surface area contributed by atoms with Crippen molar-refractivity contribution in [3.63, 3.8) is 0 Å². The summed E-state index contributed by atoms with van der Waals surface area (Å²) >= 11 is 6.53. The lowest BCUT2D eigenvalue weighted by molar-refractivity contribution is -0.137. The number of hydrogen-bond donors (Lipinski definition) is 1. The molecule has 0 saturated carbocycles. The molecule has 0 bridgehead atoms. The van der Waals surface area contributed by atoms with Crippen LogP contribution in [0.5, 0.6) is 0 Å². The molecule has 0 aromatic heterocycles. The standard InChI is InChI=1S/C21H19NO3S2/c1-14-5-2-3-6-17(14)16-10-8-15(9-11-16)13-18-20(25)22(21(26)27-18)12-4-7-19(23)24/h2-3,5-6,8-11,13H,4,7,12H2,1H3,(H,23,24). The fourth-order valence-electron chi connectivity index (χ4n) is 2.89. The Balaban J connectivity index is 1.73. The lowest BCUT2D eigenvalue weighted by Crippen LogP contribution is -2.29. The Morgan fingerprint density at radius 2 is 1.89 bits per heavy atom. The summed E-state index contributed by atoms with van der Waals surface area (Å²) in [6, 6.07) is 16.3. The number of carbonyl (C=O) groups excluding carboxylic acids is 1. The Kier molecular flexibility index (Phi) is 6.08. The van der Waals surface area contributed by atoms with Gasteiger partial charge < -0.3 is 5.11 Å². The van der Waals surface area contributed by atoms with Crippen LogP contribution < -0.4 is 0 Å². The van der Waals surface area contributed by atoms with Gasteiger partial charge in [-0.25, -0.2) is 0 Å². The summed E-state index contributed by atoms with van der Waals surface area (Å²) < 4.78 is 0.480. The molecule has 1 saturated heterocycles. The summed E-state index contributed by atoms with van der Waals surface area (Å²) in [5.41, 5.74) is 4.46. The second kappa shape index (κ2) is 8.50. The molecule has 0 spiro atoms. The number of carbonyl (C=O) groups is 2. The van der Waals surface area contributed by atoms with Gasteiger partial charge in [-0.1, -0.05) is 72.5 Å². The molecule has 0 aliphatic carbocycles. The number of rotatable bonds is 6. The first-order valence-corrected chi connectivity index (χ1v) is 9.81. The third-order valence-corrected chi connectivity index (χ3v) is 5.69. The summed E-state index contributed by atoms with van der Waals surface area (Å²) in [6.07, 6.45) is 2.24. The zero-order valence-electron chi connectivity index (χ0n) is 14.8. The van der Waals surface area contributed by atoms with Crippen LogP contribution in [0.25, 0.3) is 17.2 Å². The maximum Gasteiger partial charge on any atom is 0.303 e. The van der Waals surface area contributed by atoms with Crippen molar-refractivity contribution in [2.45, 2.75) is 19.8 Å². The smallest absolute Gasteiger partial charge is 0.303 e. The molecule has 4 nitrogen and oxygen atoms in total. The number of benzene rings is 2. The second-order valence-electron chi connectivity index (χ2n) is 6.27. The van der Waals surface area contributed by atoms with Gasteiger partial charge in [0, 0.05) is 13.0 Å². The maximum absolute atomic E-state index is 12.5. The fourth-order valence-corrected chi connectivity index (χ4v) is 4.20. The van der Waals surface area contributed by atoms with Crippen LogP contribution in [0, 0.1) is 6.92 Å². The molecule has 2 aromatic carbocycles. The van der Waals surface area contributed by atoms with Crippen LogP contribution in [-0.4, -0.2) is 32.7 Å². The Morgan fingerprint density at radius 3 is 2.56 bits per heavy atom. The van der Waals surface area contributed by atoms with E-state index >= 15 is 0 Å². The molecule has 27 heavy (non-hydrogen) atoms. The highest BCUT2D eigenvalue weighted by Gasteiger charge is 2.31. The van der Waals surface area contributed by atoms with E-state index in [4.69, 9.17) is 17.3 Å². The van der Waals surface area contributed by atoms with Crippen LogP contribution >= 0.6 is 24.0 Å². The van der Waals surface area contributed by atoms with Gasteiger partial charge in [0.15, 0.2) is 0 Å². The van der Waals surface area contributed by atoms with Crippen LogP contribution in [0.1, 0.15) is 24.0 Å². The van der Waals surface area contributed by atoms with Crippen molar-refractivity contribution < 1.29 is 14.7 Å². The van der Waals surface area contributed by atoms with E-state index in [2.05, 4.69) is 19.1 Å². The molecule has 138 valence electrons. The summed E-state index contributed by atoms with van der Waals surface area (Å²) in [7, 11) is 0. The quantitative estimate of drug-likeness (QED) is 0.564. The zero-order chi connectivity index (χ0) is 19.4. The minimum atomic E-state index is -0.871. The maximum atomic E-state index is 12.5. The van der Waals surface area contributed by atoms with Gasteiger partial charge >= 0.3 is 5.97 Å². The van der Waals surface area contributed by atoms with Gasteiger partial charge in [0.1, 0.15) is 4.32 Å². The molecule has 1 aliphatic heterocycles. The monoisotopic (exact) mass is 397 g/mol. The van der Waals surface area contributed by atoms with Gasteiger partial charge in [0.25, 0.3) is 5.91 Å². The molecule has 1 amide bonds. The van der Waals surface area contributed by atoms with Crippen LogP contribution in [0.3, 0.4) is 0 Å². The third kappa shape index (κ3) is 4.64. The zero-order valence-corrected chi connectivity index (χ0v) is 16.5. The average Bonchev–Trinajstić information content (AvgIpc) is 2.90. The topological polar surface area (TPSA) is 57.6 Å². The number of aryl methyl sites for hydroxylation is 1. The summed E-state index contributed by atoms with van der Waals surface area (Å²) in [5.74, 6) is -1.02. The van der Waals surface area contributed by atoms with Crippen molar-refractivity contribution in [3.8, 4) is 11.1 Å². The van der Waals surface area contributed by atoms with Crippen LogP contribution in [0.15, 0.2) is 53.4 Å². The largest absolute Gasteiger partial charge is 0.481 e. The highest BCUT2D eigenvalue weighted by molar-refractivity contribution is 8.26. The molecule has 1 aliphatic rings. The van der Waals surface area contributed by atoms with Gasteiger partial charge in [-0.2, -0.15) is 0 Å². The van der Waals surface area contributed by atoms with Crippen molar-refractivity contribution in [2.75, 3.05) is 6.54 Å². The van der Waals surface area contributed by atoms with Crippen LogP contribution in [-0.2, 0) is 9.59 Å². The molecular formula is C21H19NO3S2. The highest BCUT2D eigenvalue weighted by Crippen LogP contribution is 2.33. The first-order valence-electron chi connectivity index (χ1n) is 8.59. The normalized spacial score (nSPS) is 15.6. The molecule has 3 rings (SSSR count). The molecule has 1 heterocycles. The Morgan fingerprint density at radius 1 is 1.19 bits per heavy atom. The van der Waals surface area contributed by atoms with E-state index in [0.29, 0.717) is 22.2 Å². The van der Waals surface area contributed by atoms with Crippen molar-refractivity contribution in [1.82, 2.24) is 4.90 Å². The number of amides is 1. The van der Waals surface area contributed by atoms with E-state index in [-0.39, 0.29) is 12.3 Å². The minimum Gasteiger partial charge on any atom is -0.481 e. The van der Waals surface area contributed by atoms with Crippen molar-refractivity contribution in [3.05, 3.63) is 64.6 Å². The Labute approximate surface area is 167 Å². The number of aliphatic carboxylic acids is 1. The summed E-state index contributed by atoms with van der Waals surface area (Å²) in [6.45, 7) is 2.42. The molecular weight excluding hydrogens is 378 g/mol. The lowest BCUT2D eigenvalue weighted by Gasteiger charge is -2.13. The number of hydrogen-bond acceptors (Lipinski definition) is 4. The van der Waals surface area contributed by atoms with E-state index in [1.54, 1.807) is 0 Å². The van der Waals surface area contributed by atoms with E-state index in [1.165, 1.54) is 27.8 Å². The van der Waals surface area contributed by atoms with Crippen molar-refractivity contribution in [2.24, 2.45) is 0 Å².